The highest BCUT2D eigenvalue weighted by molar-refractivity contribution is 5.49. The minimum atomic E-state index is 0.664. The standard InChI is InChI=1S/C24H38N4O/c1-18(25-21-9-11-24(29-4)12-10-21)27-14-19-7-5-6-8-20(19)15-28-22(16-26(2)3)13-23(28)17-27/h9-12,19-20,22-23,25H,1,5-8,13-17H2,2-4H3/t19?,20?,22-,23+/m0/s1. The summed E-state index contributed by atoms with van der Waals surface area (Å²) in [6, 6.07) is 9.53. The lowest BCUT2D eigenvalue weighted by Gasteiger charge is -2.56. The third kappa shape index (κ3) is 4.72. The molecule has 2 heterocycles. The number of hydrogen-bond acceptors (Lipinski definition) is 5. The molecule has 3 fully saturated rings. The van der Waals surface area contributed by atoms with Gasteiger partial charge in [0.2, 0.25) is 0 Å². The highest BCUT2D eigenvalue weighted by atomic mass is 16.5. The SMILES string of the molecule is C=C(Nc1ccc(OC)cc1)N1CC2CCCCC2CN2[C@H](C[C@H]2CN(C)C)C1. The number of benzene rings is 1. The molecule has 1 saturated carbocycles. The summed E-state index contributed by atoms with van der Waals surface area (Å²) in [6.07, 6.45) is 6.87. The van der Waals surface area contributed by atoms with E-state index >= 15 is 0 Å². The largest absolute Gasteiger partial charge is 0.497 e. The van der Waals surface area contributed by atoms with Crippen LogP contribution in [0, 0.1) is 11.8 Å². The van der Waals surface area contributed by atoms with Gasteiger partial charge in [0, 0.05) is 44.0 Å². The van der Waals surface area contributed by atoms with Crippen LogP contribution in [0.25, 0.3) is 0 Å². The van der Waals surface area contributed by atoms with Crippen molar-refractivity contribution < 1.29 is 4.74 Å². The van der Waals surface area contributed by atoms with Crippen LogP contribution in [0.1, 0.15) is 32.1 Å². The zero-order valence-corrected chi connectivity index (χ0v) is 18.4. The summed E-state index contributed by atoms with van der Waals surface area (Å²) in [5, 5.41) is 3.56. The van der Waals surface area contributed by atoms with Crippen LogP contribution in [0.4, 0.5) is 5.69 Å². The first-order chi connectivity index (χ1) is 14.0. The van der Waals surface area contributed by atoms with Crippen molar-refractivity contribution in [3.05, 3.63) is 36.7 Å². The molecule has 29 heavy (non-hydrogen) atoms. The fraction of sp³-hybridized carbons (Fsp3) is 0.667. The first kappa shape index (κ1) is 20.5. The Labute approximate surface area is 176 Å². The second-order valence-corrected chi connectivity index (χ2v) is 9.51. The van der Waals surface area contributed by atoms with Crippen molar-refractivity contribution in [3.8, 4) is 5.75 Å². The number of rotatable bonds is 6. The lowest BCUT2D eigenvalue weighted by molar-refractivity contribution is -0.0536. The zero-order valence-electron chi connectivity index (χ0n) is 18.4. The Morgan fingerprint density at radius 3 is 2.45 bits per heavy atom. The van der Waals surface area contributed by atoms with Gasteiger partial charge in [0.1, 0.15) is 5.75 Å². The van der Waals surface area contributed by atoms with Gasteiger partial charge in [0.15, 0.2) is 0 Å². The molecule has 4 rings (SSSR count). The first-order valence-corrected chi connectivity index (χ1v) is 11.3. The van der Waals surface area contributed by atoms with Gasteiger partial charge in [-0.3, -0.25) is 4.90 Å². The summed E-state index contributed by atoms with van der Waals surface area (Å²) in [4.78, 5) is 7.70. The maximum Gasteiger partial charge on any atom is 0.119 e. The zero-order chi connectivity index (χ0) is 20.4. The number of nitrogens with one attached hydrogen (secondary N) is 1. The van der Waals surface area contributed by atoms with E-state index in [0.29, 0.717) is 6.04 Å². The molecule has 1 aromatic rings. The van der Waals surface area contributed by atoms with Crippen molar-refractivity contribution in [1.29, 1.82) is 0 Å². The number of ether oxygens (including phenoxy) is 1. The molecule has 1 N–H and O–H groups in total. The van der Waals surface area contributed by atoms with Crippen LogP contribution in [0.2, 0.25) is 0 Å². The summed E-state index contributed by atoms with van der Waals surface area (Å²) < 4.78 is 5.28. The summed E-state index contributed by atoms with van der Waals surface area (Å²) in [7, 11) is 6.11. The monoisotopic (exact) mass is 398 g/mol. The average molecular weight is 399 g/mol. The summed E-state index contributed by atoms with van der Waals surface area (Å²) in [6.45, 7) is 9.16. The lowest BCUT2D eigenvalue weighted by atomic mass is 9.76. The van der Waals surface area contributed by atoms with Crippen molar-refractivity contribution in [2.24, 2.45) is 11.8 Å². The molecular weight excluding hydrogens is 360 g/mol. The fourth-order valence-electron chi connectivity index (χ4n) is 5.61. The molecule has 2 aliphatic heterocycles. The molecule has 2 unspecified atom stereocenters. The molecule has 4 atom stereocenters. The van der Waals surface area contributed by atoms with E-state index in [1.54, 1.807) is 7.11 Å². The number of hydrogen-bond donors (Lipinski definition) is 1. The van der Waals surface area contributed by atoms with Crippen molar-refractivity contribution in [2.45, 2.75) is 44.2 Å². The van der Waals surface area contributed by atoms with Gasteiger partial charge >= 0.3 is 0 Å². The van der Waals surface area contributed by atoms with E-state index < -0.39 is 0 Å². The second-order valence-electron chi connectivity index (χ2n) is 9.51. The van der Waals surface area contributed by atoms with Crippen molar-refractivity contribution in [1.82, 2.24) is 14.7 Å². The molecule has 0 aromatic heterocycles. The molecule has 0 amide bonds. The minimum Gasteiger partial charge on any atom is -0.497 e. The van der Waals surface area contributed by atoms with E-state index in [9.17, 15) is 0 Å². The molecule has 5 nitrogen and oxygen atoms in total. The molecular formula is C24H38N4O. The molecule has 3 aliphatic rings. The van der Waals surface area contributed by atoms with Gasteiger partial charge in [-0.2, -0.15) is 0 Å². The Balaban J connectivity index is 1.46. The third-order valence-electron chi connectivity index (χ3n) is 7.22. The highest BCUT2D eigenvalue weighted by Crippen LogP contribution is 2.38. The number of fused-ring (bicyclic) bond motifs is 2. The summed E-state index contributed by atoms with van der Waals surface area (Å²) in [5.41, 5.74) is 1.08. The number of anilines is 1. The average Bonchev–Trinajstić information content (AvgIpc) is 2.70. The van der Waals surface area contributed by atoms with Gasteiger partial charge in [0.25, 0.3) is 0 Å². The predicted octanol–water partition coefficient (Wildman–Crippen LogP) is 3.70. The third-order valence-corrected chi connectivity index (χ3v) is 7.22. The number of methoxy groups -OCH3 is 1. The Bertz CT molecular complexity index is 689. The Hall–Kier alpha value is -1.72. The molecule has 1 aliphatic carbocycles. The van der Waals surface area contributed by atoms with Crippen molar-refractivity contribution >= 4 is 5.69 Å². The molecule has 5 heteroatoms. The Morgan fingerprint density at radius 1 is 1.10 bits per heavy atom. The van der Waals surface area contributed by atoms with Gasteiger partial charge in [-0.15, -0.1) is 0 Å². The first-order valence-electron chi connectivity index (χ1n) is 11.3. The normalized spacial score (nSPS) is 29.9. The van der Waals surface area contributed by atoms with E-state index in [0.717, 1.165) is 48.2 Å². The summed E-state index contributed by atoms with van der Waals surface area (Å²) >= 11 is 0. The van der Waals surface area contributed by atoms with Gasteiger partial charge in [-0.05, 0) is 69.5 Å². The molecule has 1 aromatic carbocycles. The van der Waals surface area contributed by atoms with E-state index in [1.807, 2.05) is 12.1 Å². The second kappa shape index (κ2) is 8.97. The topological polar surface area (TPSA) is 31.0 Å². The quantitative estimate of drug-likeness (QED) is 0.790. The van der Waals surface area contributed by atoms with E-state index in [-0.39, 0.29) is 0 Å². The highest BCUT2D eigenvalue weighted by Gasteiger charge is 2.43. The van der Waals surface area contributed by atoms with Crippen LogP contribution in [0.15, 0.2) is 36.7 Å². The number of likely N-dealkylation sites (N-methyl/N-ethyl adjacent to an activating group) is 1. The van der Waals surface area contributed by atoms with E-state index in [4.69, 9.17) is 4.74 Å². The van der Waals surface area contributed by atoms with Crippen LogP contribution in [-0.2, 0) is 0 Å². The van der Waals surface area contributed by atoms with Gasteiger partial charge in [-0.1, -0.05) is 19.4 Å². The number of nitrogens with zero attached hydrogens (tertiary/aromatic N) is 3. The molecule has 0 radical (unpaired) electrons. The Morgan fingerprint density at radius 2 is 1.79 bits per heavy atom. The van der Waals surface area contributed by atoms with Crippen LogP contribution in [0.3, 0.4) is 0 Å². The van der Waals surface area contributed by atoms with Crippen LogP contribution in [0.5, 0.6) is 5.75 Å². The maximum atomic E-state index is 5.28. The maximum absolute atomic E-state index is 5.28. The fourth-order valence-corrected chi connectivity index (χ4v) is 5.61. The minimum absolute atomic E-state index is 0.664. The van der Waals surface area contributed by atoms with Crippen LogP contribution < -0.4 is 10.1 Å². The van der Waals surface area contributed by atoms with E-state index in [1.165, 1.54) is 45.2 Å². The molecule has 2 saturated heterocycles. The smallest absolute Gasteiger partial charge is 0.119 e. The Kier molecular flexibility index (Phi) is 6.35. The van der Waals surface area contributed by atoms with Crippen LogP contribution in [-0.4, -0.2) is 74.2 Å². The van der Waals surface area contributed by atoms with Crippen molar-refractivity contribution in [3.63, 3.8) is 0 Å². The van der Waals surface area contributed by atoms with Crippen LogP contribution >= 0.6 is 0 Å². The van der Waals surface area contributed by atoms with E-state index in [2.05, 4.69) is 52.8 Å². The van der Waals surface area contributed by atoms with Gasteiger partial charge in [-0.25, -0.2) is 0 Å². The molecule has 160 valence electrons. The predicted molar refractivity (Wildman–Crippen MR) is 120 cm³/mol. The molecule has 0 bridgehead atoms. The van der Waals surface area contributed by atoms with Gasteiger partial charge < -0.3 is 19.9 Å². The molecule has 0 spiro atoms. The van der Waals surface area contributed by atoms with Gasteiger partial charge in [0.05, 0.1) is 12.9 Å². The van der Waals surface area contributed by atoms with Crippen molar-refractivity contribution in [2.75, 3.05) is 52.7 Å². The summed E-state index contributed by atoms with van der Waals surface area (Å²) in [5.74, 6) is 3.56. The lowest BCUT2D eigenvalue weighted by Crippen LogP contribution is -2.65.